The van der Waals surface area contributed by atoms with Gasteiger partial charge in [0.2, 0.25) is 0 Å². The van der Waals surface area contributed by atoms with Crippen molar-refractivity contribution in [2.45, 2.75) is 31.3 Å². The minimum absolute atomic E-state index is 0.407. The van der Waals surface area contributed by atoms with Crippen molar-refractivity contribution in [3.63, 3.8) is 0 Å². The van der Waals surface area contributed by atoms with Crippen molar-refractivity contribution < 1.29 is 0 Å². The Balaban J connectivity index is 1.99. The van der Waals surface area contributed by atoms with Gasteiger partial charge in [0.05, 0.1) is 0 Å². The molecule has 2 rings (SSSR count). The first kappa shape index (κ1) is 11.6. The van der Waals surface area contributed by atoms with E-state index in [4.69, 9.17) is 0 Å². The monoisotopic (exact) mass is 218 g/mol. The van der Waals surface area contributed by atoms with Crippen molar-refractivity contribution in [3.05, 3.63) is 35.9 Å². The van der Waals surface area contributed by atoms with E-state index in [0.29, 0.717) is 5.54 Å². The zero-order chi connectivity index (χ0) is 11.4. The number of benzene rings is 1. The maximum atomic E-state index is 3.34. The average Bonchev–Trinajstić information content (AvgIpc) is 2.24. The molecule has 1 aliphatic rings. The van der Waals surface area contributed by atoms with E-state index >= 15 is 0 Å². The molecule has 1 saturated carbocycles. The van der Waals surface area contributed by atoms with Crippen LogP contribution in [0.3, 0.4) is 0 Å². The van der Waals surface area contributed by atoms with Crippen LogP contribution in [0.1, 0.15) is 24.8 Å². The SMILES string of the molecule is CNCC1(N(C)Cc2ccccc2)CCC1. The first-order valence-electron chi connectivity index (χ1n) is 6.17. The van der Waals surface area contributed by atoms with Crippen molar-refractivity contribution in [1.82, 2.24) is 10.2 Å². The molecular weight excluding hydrogens is 196 g/mol. The summed E-state index contributed by atoms with van der Waals surface area (Å²) in [5.74, 6) is 0. The first-order valence-corrected chi connectivity index (χ1v) is 6.17. The molecule has 16 heavy (non-hydrogen) atoms. The third-order valence-electron chi connectivity index (χ3n) is 3.86. The van der Waals surface area contributed by atoms with Crippen LogP contribution in [-0.4, -0.2) is 31.1 Å². The van der Waals surface area contributed by atoms with Crippen LogP contribution in [0.5, 0.6) is 0 Å². The summed E-state index contributed by atoms with van der Waals surface area (Å²) < 4.78 is 0. The largest absolute Gasteiger partial charge is 0.318 e. The molecule has 1 N–H and O–H groups in total. The Morgan fingerprint density at radius 2 is 1.94 bits per heavy atom. The van der Waals surface area contributed by atoms with Crippen molar-refractivity contribution >= 4 is 0 Å². The average molecular weight is 218 g/mol. The van der Waals surface area contributed by atoms with E-state index < -0.39 is 0 Å². The Bertz CT molecular complexity index is 317. The van der Waals surface area contributed by atoms with Gasteiger partial charge in [-0.2, -0.15) is 0 Å². The lowest BCUT2D eigenvalue weighted by Crippen LogP contribution is -2.57. The van der Waals surface area contributed by atoms with E-state index in [-0.39, 0.29) is 0 Å². The van der Waals surface area contributed by atoms with Gasteiger partial charge in [0.25, 0.3) is 0 Å². The summed E-state index contributed by atoms with van der Waals surface area (Å²) in [7, 11) is 4.31. The van der Waals surface area contributed by atoms with Crippen LogP contribution < -0.4 is 5.32 Å². The molecule has 0 aromatic heterocycles. The number of nitrogens with one attached hydrogen (secondary N) is 1. The smallest absolute Gasteiger partial charge is 0.0334 e. The Labute approximate surface area is 98.7 Å². The van der Waals surface area contributed by atoms with Crippen LogP contribution in [0.25, 0.3) is 0 Å². The third-order valence-corrected chi connectivity index (χ3v) is 3.86. The van der Waals surface area contributed by atoms with E-state index in [1.807, 2.05) is 0 Å². The topological polar surface area (TPSA) is 15.3 Å². The fourth-order valence-electron chi connectivity index (χ4n) is 2.63. The Hall–Kier alpha value is -0.860. The van der Waals surface area contributed by atoms with Gasteiger partial charge in [-0.1, -0.05) is 30.3 Å². The minimum atomic E-state index is 0.407. The molecule has 0 radical (unpaired) electrons. The lowest BCUT2D eigenvalue weighted by molar-refractivity contribution is 0.0335. The van der Waals surface area contributed by atoms with Crippen molar-refractivity contribution in [2.75, 3.05) is 20.6 Å². The Kier molecular flexibility index (Phi) is 3.62. The van der Waals surface area contributed by atoms with E-state index in [1.54, 1.807) is 0 Å². The summed E-state index contributed by atoms with van der Waals surface area (Å²) in [6, 6.07) is 10.7. The summed E-state index contributed by atoms with van der Waals surface area (Å²) in [6.07, 6.45) is 4.04. The third kappa shape index (κ3) is 2.28. The number of hydrogen-bond donors (Lipinski definition) is 1. The molecule has 1 fully saturated rings. The van der Waals surface area contributed by atoms with E-state index in [9.17, 15) is 0 Å². The highest BCUT2D eigenvalue weighted by Gasteiger charge is 2.39. The second kappa shape index (κ2) is 4.98. The van der Waals surface area contributed by atoms with Gasteiger partial charge in [0.15, 0.2) is 0 Å². The predicted octanol–water partition coefficient (Wildman–Crippen LogP) is 2.26. The van der Waals surface area contributed by atoms with Gasteiger partial charge in [-0.15, -0.1) is 0 Å². The van der Waals surface area contributed by atoms with Gasteiger partial charge in [-0.25, -0.2) is 0 Å². The molecule has 0 bridgehead atoms. The highest BCUT2D eigenvalue weighted by Crippen LogP contribution is 2.37. The Morgan fingerprint density at radius 3 is 2.44 bits per heavy atom. The molecule has 0 atom stereocenters. The molecule has 2 heteroatoms. The highest BCUT2D eigenvalue weighted by atomic mass is 15.2. The van der Waals surface area contributed by atoms with Gasteiger partial charge in [-0.05, 0) is 38.9 Å². The minimum Gasteiger partial charge on any atom is -0.318 e. The van der Waals surface area contributed by atoms with E-state index in [2.05, 4.69) is 54.6 Å². The van der Waals surface area contributed by atoms with Crippen LogP contribution >= 0.6 is 0 Å². The number of rotatable bonds is 5. The van der Waals surface area contributed by atoms with Crippen LogP contribution in [-0.2, 0) is 6.54 Å². The maximum absolute atomic E-state index is 3.34. The Morgan fingerprint density at radius 1 is 1.25 bits per heavy atom. The van der Waals surface area contributed by atoms with E-state index in [0.717, 1.165) is 13.1 Å². The summed E-state index contributed by atoms with van der Waals surface area (Å²) >= 11 is 0. The molecule has 0 unspecified atom stereocenters. The van der Waals surface area contributed by atoms with Gasteiger partial charge < -0.3 is 5.32 Å². The summed E-state index contributed by atoms with van der Waals surface area (Å²) in [5.41, 5.74) is 1.82. The van der Waals surface area contributed by atoms with E-state index in [1.165, 1.54) is 24.8 Å². The van der Waals surface area contributed by atoms with Crippen molar-refractivity contribution in [2.24, 2.45) is 0 Å². The summed E-state index contributed by atoms with van der Waals surface area (Å²) in [5, 5.41) is 3.34. The molecular formula is C14H22N2. The van der Waals surface area contributed by atoms with Gasteiger partial charge >= 0.3 is 0 Å². The molecule has 0 heterocycles. The lowest BCUT2D eigenvalue weighted by Gasteiger charge is -2.49. The quantitative estimate of drug-likeness (QED) is 0.815. The van der Waals surface area contributed by atoms with Gasteiger partial charge in [0, 0.05) is 18.6 Å². The summed E-state index contributed by atoms with van der Waals surface area (Å²) in [4.78, 5) is 2.52. The standard InChI is InChI=1S/C14H22N2/c1-15-12-14(9-6-10-14)16(2)11-13-7-4-3-5-8-13/h3-5,7-8,15H,6,9-12H2,1-2H3. The van der Waals surface area contributed by atoms with Crippen LogP contribution in [0.2, 0.25) is 0 Å². The second-order valence-electron chi connectivity index (χ2n) is 4.95. The fourth-order valence-corrected chi connectivity index (χ4v) is 2.63. The highest BCUT2D eigenvalue weighted by molar-refractivity contribution is 5.15. The molecule has 88 valence electrons. The van der Waals surface area contributed by atoms with Gasteiger partial charge in [0.1, 0.15) is 0 Å². The zero-order valence-corrected chi connectivity index (χ0v) is 10.4. The van der Waals surface area contributed by atoms with Crippen LogP contribution in [0.4, 0.5) is 0 Å². The normalized spacial score (nSPS) is 18.4. The fraction of sp³-hybridized carbons (Fsp3) is 0.571. The molecule has 1 aromatic rings. The lowest BCUT2D eigenvalue weighted by atomic mass is 9.75. The number of nitrogens with zero attached hydrogens (tertiary/aromatic N) is 1. The first-order chi connectivity index (χ1) is 7.77. The van der Waals surface area contributed by atoms with Gasteiger partial charge in [-0.3, -0.25) is 4.90 Å². The number of likely N-dealkylation sites (N-methyl/N-ethyl adjacent to an activating group) is 2. The molecule has 0 aliphatic heterocycles. The van der Waals surface area contributed by atoms with Crippen molar-refractivity contribution in [3.8, 4) is 0 Å². The molecule has 1 aliphatic carbocycles. The van der Waals surface area contributed by atoms with Crippen molar-refractivity contribution in [1.29, 1.82) is 0 Å². The van der Waals surface area contributed by atoms with Crippen LogP contribution in [0, 0.1) is 0 Å². The molecule has 0 spiro atoms. The number of hydrogen-bond acceptors (Lipinski definition) is 2. The molecule has 0 amide bonds. The second-order valence-corrected chi connectivity index (χ2v) is 4.95. The molecule has 2 nitrogen and oxygen atoms in total. The molecule has 0 saturated heterocycles. The molecule has 1 aromatic carbocycles. The maximum Gasteiger partial charge on any atom is 0.0334 e. The van der Waals surface area contributed by atoms with Crippen LogP contribution in [0.15, 0.2) is 30.3 Å². The zero-order valence-electron chi connectivity index (χ0n) is 10.4. The summed E-state index contributed by atoms with van der Waals surface area (Å²) in [6.45, 7) is 2.17. The predicted molar refractivity (Wildman–Crippen MR) is 68.4 cm³/mol.